The lowest BCUT2D eigenvalue weighted by Crippen LogP contribution is -2.33. The number of halogens is 1. The average Bonchev–Trinajstić information content (AvgIpc) is 3.21. The van der Waals surface area contributed by atoms with E-state index in [2.05, 4.69) is 23.2 Å². The molecule has 2 aliphatic rings. The Balaban J connectivity index is 1.64. The summed E-state index contributed by atoms with van der Waals surface area (Å²) in [6.07, 6.45) is 6.50. The van der Waals surface area contributed by atoms with Crippen LogP contribution in [0.25, 0.3) is 0 Å². The molecule has 1 N–H and O–H groups in total. The van der Waals surface area contributed by atoms with Crippen molar-refractivity contribution in [2.24, 2.45) is 5.92 Å². The molecule has 0 unspecified atom stereocenters. The van der Waals surface area contributed by atoms with E-state index in [1.54, 1.807) is 6.07 Å². The molecule has 0 radical (unpaired) electrons. The highest BCUT2D eigenvalue weighted by molar-refractivity contribution is 5.49. The minimum Gasteiger partial charge on any atom is -0.369 e. The predicted octanol–water partition coefficient (Wildman–Crippen LogP) is 3.70. The van der Waals surface area contributed by atoms with Gasteiger partial charge in [0.25, 0.3) is 0 Å². The molecule has 2 nitrogen and oxygen atoms in total. The fourth-order valence-corrected chi connectivity index (χ4v) is 2.85. The smallest absolute Gasteiger partial charge is 0.146 e. The first kappa shape index (κ1) is 13.9. The molecule has 0 heterocycles. The molecule has 0 aliphatic heterocycles. The zero-order valence-corrected chi connectivity index (χ0v) is 12.4. The van der Waals surface area contributed by atoms with Crippen molar-refractivity contribution in [1.29, 1.82) is 0 Å². The van der Waals surface area contributed by atoms with Gasteiger partial charge >= 0.3 is 0 Å². The number of benzene rings is 1. The van der Waals surface area contributed by atoms with E-state index in [-0.39, 0.29) is 5.82 Å². The molecule has 2 saturated carbocycles. The van der Waals surface area contributed by atoms with Gasteiger partial charge in [-0.3, -0.25) is 0 Å². The van der Waals surface area contributed by atoms with E-state index in [0.29, 0.717) is 6.04 Å². The highest BCUT2D eigenvalue weighted by atomic mass is 19.1. The van der Waals surface area contributed by atoms with Crippen LogP contribution < -0.4 is 10.2 Å². The summed E-state index contributed by atoms with van der Waals surface area (Å²) < 4.78 is 14.3. The van der Waals surface area contributed by atoms with E-state index < -0.39 is 0 Å². The molecule has 0 bridgehead atoms. The normalized spacial score (nSPS) is 18.9. The topological polar surface area (TPSA) is 15.3 Å². The Morgan fingerprint density at radius 3 is 2.60 bits per heavy atom. The molecular weight excluding hydrogens is 251 g/mol. The van der Waals surface area contributed by atoms with Crippen molar-refractivity contribution >= 4 is 5.69 Å². The highest BCUT2D eigenvalue weighted by Gasteiger charge is 2.22. The molecule has 0 spiro atoms. The maximum Gasteiger partial charge on any atom is 0.146 e. The van der Waals surface area contributed by atoms with Crippen LogP contribution in [-0.4, -0.2) is 19.1 Å². The molecule has 3 rings (SSSR count). The van der Waals surface area contributed by atoms with Gasteiger partial charge in [-0.15, -0.1) is 0 Å². The fraction of sp³-hybridized carbons (Fsp3) is 0.647. The molecule has 0 amide bonds. The van der Waals surface area contributed by atoms with Crippen LogP contribution in [-0.2, 0) is 6.54 Å². The number of rotatable bonds is 7. The Bertz CT molecular complexity index is 452. The summed E-state index contributed by atoms with van der Waals surface area (Å²) in [6, 6.07) is 6.40. The van der Waals surface area contributed by atoms with Crippen LogP contribution in [0.5, 0.6) is 0 Å². The maximum atomic E-state index is 14.3. The minimum absolute atomic E-state index is 0.0683. The first-order valence-electron chi connectivity index (χ1n) is 8.03. The summed E-state index contributed by atoms with van der Waals surface area (Å²) >= 11 is 0. The maximum absolute atomic E-state index is 14.3. The molecule has 20 heavy (non-hydrogen) atoms. The van der Waals surface area contributed by atoms with Crippen LogP contribution in [0.3, 0.4) is 0 Å². The Labute approximate surface area is 121 Å². The largest absolute Gasteiger partial charge is 0.369 e. The number of hydrogen-bond acceptors (Lipinski definition) is 2. The van der Waals surface area contributed by atoms with Crippen LogP contribution in [0, 0.1) is 11.7 Å². The van der Waals surface area contributed by atoms with Crippen molar-refractivity contribution in [2.75, 3.05) is 18.0 Å². The fourth-order valence-electron chi connectivity index (χ4n) is 2.85. The van der Waals surface area contributed by atoms with Crippen molar-refractivity contribution in [1.82, 2.24) is 5.32 Å². The van der Waals surface area contributed by atoms with E-state index >= 15 is 0 Å². The molecule has 2 aliphatic carbocycles. The average molecular weight is 276 g/mol. The zero-order valence-electron chi connectivity index (χ0n) is 12.4. The number of hydrogen-bond donors (Lipinski definition) is 1. The second kappa shape index (κ2) is 6.13. The van der Waals surface area contributed by atoms with E-state index in [4.69, 9.17) is 0 Å². The predicted molar refractivity (Wildman–Crippen MR) is 81.5 cm³/mol. The zero-order chi connectivity index (χ0) is 13.9. The molecular formula is C17H25FN2. The summed E-state index contributed by atoms with van der Waals surface area (Å²) in [7, 11) is 0. The van der Waals surface area contributed by atoms with Crippen LogP contribution in [0.2, 0.25) is 0 Å². The van der Waals surface area contributed by atoms with Gasteiger partial charge in [-0.25, -0.2) is 4.39 Å². The number of nitrogens with one attached hydrogen (secondary N) is 1. The summed E-state index contributed by atoms with van der Waals surface area (Å²) in [6.45, 7) is 4.79. The first-order valence-corrected chi connectivity index (χ1v) is 8.03. The van der Waals surface area contributed by atoms with Gasteiger partial charge in [0, 0.05) is 25.7 Å². The lowest BCUT2D eigenvalue weighted by molar-refractivity contribution is 0.318. The summed E-state index contributed by atoms with van der Waals surface area (Å²) in [5, 5.41) is 3.43. The van der Waals surface area contributed by atoms with Gasteiger partial charge < -0.3 is 10.2 Å². The second-order valence-electron chi connectivity index (χ2n) is 6.28. The standard InChI is InChI=1S/C17H25FN2/c1-2-20(12-13-4-3-5-13)17-9-6-14(10-16(17)18)11-19-15-7-8-15/h6,9-10,13,15,19H,2-5,7-8,11-12H2,1H3. The Morgan fingerprint density at radius 2 is 2.05 bits per heavy atom. The van der Waals surface area contributed by atoms with Crippen molar-refractivity contribution < 1.29 is 4.39 Å². The molecule has 0 aromatic heterocycles. The van der Waals surface area contributed by atoms with E-state index in [9.17, 15) is 4.39 Å². The molecule has 1 aromatic carbocycles. The van der Waals surface area contributed by atoms with Crippen LogP contribution in [0.15, 0.2) is 18.2 Å². The van der Waals surface area contributed by atoms with Crippen LogP contribution >= 0.6 is 0 Å². The van der Waals surface area contributed by atoms with Gasteiger partial charge in [0.2, 0.25) is 0 Å². The highest BCUT2D eigenvalue weighted by Crippen LogP contribution is 2.30. The van der Waals surface area contributed by atoms with Crippen molar-refractivity contribution in [3.8, 4) is 0 Å². The Kier molecular flexibility index (Phi) is 4.25. The third-order valence-electron chi connectivity index (χ3n) is 4.61. The first-order chi connectivity index (χ1) is 9.76. The van der Waals surface area contributed by atoms with E-state index in [1.165, 1.54) is 32.1 Å². The van der Waals surface area contributed by atoms with Gasteiger partial charge in [-0.2, -0.15) is 0 Å². The second-order valence-corrected chi connectivity index (χ2v) is 6.28. The number of anilines is 1. The van der Waals surface area contributed by atoms with Crippen LogP contribution in [0.4, 0.5) is 10.1 Å². The van der Waals surface area contributed by atoms with Crippen LogP contribution in [0.1, 0.15) is 44.6 Å². The van der Waals surface area contributed by atoms with Crippen molar-refractivity contribution in [2.45, 2.75) is 51.6 Å². The van der Waals surface area contributed by atoms with Crippen molar-refractivity contribution in [3.63, 3.8) is 0 Å². The minimum atomic E-state index is -0.0683. The van der Waals surface area contributed by atoms with Gasteiger partial charge in [-0.1, -0.05) is 12.5 Å². The molecule has 0 atom stereocenters. The Morgan fingerprint density at radius 1 is 1.25 bits per heavy atom. The van der Waals surface area contributed by atoms with E-state index in [0.717, 1.165) is 36.8 Å². The van der Waals surface area contributed by atoms with Gasteiger partial charge in [-0.05, 0) is 56.2 Å². The van der Waals surface area contributed by atoms with E-state index in [1.807, 2.05) is 6.07 Å². The molecule has 110 valence electrons. The van der Waals surface area contributed by atoms with Gasteiger partial charge in [0.15, 0.2) is 0 Å². The monoisotopic (exact) mass is 276 g/mol. The molecule has 0 saturated heterocycles. The lowest BCUT2D eigenvalue weighted by atomic mass is 9.85. The van der Waals surface area contributed by atoms with Crippen molar-refractivity contribution in [3.05, 3.63) is 29.6 Å². The lowest BCUT2D eigenvalue weighted by Gasteiger charge is -2.33. The molecule has 1 aromatic rings. The summed E-state index contributed by atoms with van der Waals surface area (Å²) in [5.74, 6) is 0.701. The third-order valence-corrected chi connectivity index (χ3v) is 4.61. The summed E-state index contributed by atoms with van der Waals surface area (Å²) in [4.78, 5) is 2.19. The number of nitrogens with zero attached hydrogens (tertiary/aromatic N) is 1. The Hall–Kier alpha value is -1.09. The van der Waals surface area contributed by atoms with Gasteiger partial charge in [0.05, 0.1) is 5.69 Å². The summed E-state index contributed by atoms with van der Waals surface area (Å²) in [5.41, 5.74) is 1.83. The van der Waals surface area contributed by atoms with Gasteiger partial charge in [0.1, 0.15) is 5.82 Å². The molecule has 3 heteroatoms. The quantitative estimate of drug-likeness (QED) is 0.817. The SMILES string of the molecule is CCN(CC1CCC1)c1ccc(CNC2CC2)cc1F. The molecule has 2 fully saturated rings. The third kappa shape index (κ3) is 3.32.